The number of nitrogens with zero attached hydrogens (tertiary/aromatic N) is 5. The SMILES string of the molecule is Cn1cc(Nc2nccc(-c3ccnc(NC(=O)CC(F)(F)F)c3)n2)cn1. The smallest absolute Gasteiger partial charge is 0.321 e. The van der Waals surface area contributed by atoms with E-state index in [1.165, 1.54) is 18.5 Å². The van der Waals surface area contributed by atoms with Gasteiger partial charge in [0, 0.05) is 31.2 Å². The largest absolute Gasteiger partial charge is 0.397 e. The second kappa shape index (κ2) is 7.40. The Morgan fingerprint density at radius 3 is 2.70 bits per heavy atom. The molecular formula is C16H14F3N7O. The highest BCUT2D eigenvalue weighted by molar-refractivity contribution is 5.90. The molecule has 0 aliphatic carbocycles. The number of hydrogen-bond donors (Lipinski definition) is 2. The lowest BCUT2D eigenvalue weighted by Gasteiger charge is -2.09. The summed E-state index contributed by atoms with van der Waals surface area (Å²) in [6.45, 7) is 0. The Bertz CT molecular complexity index is 955. The predicted octanol–water partition coefficient (Wildman–Crippen LogP) is 2.91. The zero-order valence-electron chi connectivity index (χ0n) is 14.0. The van der Waals surface area contributed by atoms with Crippen LogP contribution < -0.4 is 10.6 Å². The summed E-state index contributed by atoms with van der Waals surface area (Å²) < 4.78 is 38.4. The fraction of sp³-hybridized carbons (Fsp3) is 0.188. The summed E-state index contributed by atoms with van der Waals surface area (Å²) in [6, 6.07) is 4.69. The van der Waals surface area contributed by atoms with Crippen molar-refractivity contribution in [1.29, 1.82) is 0 Å². The molecule has 0 spiro atoms. The molecule has 3 heterocycles. The van der Waals surface area contributed by atoms with Crippen molar-refractivity contribution in [2.75, 3.05) is 10.6 Å². The molecule has 0 atom stereocenters. The average molecular weight is 377 g/mol. The second-order valence-electron chi connectivity index (χ2n) is 5.56. The van der Waals surface area contributed by atoms with Gasteiger partial charge in [0.25, 0.3) is 0 Å². The molecule has 3 rings (SSSR count). The van der Waals surface area contributed by atoms with E-state index in [4.69, 9.17) is 0 Å². The number of pyridine rings is 1. The molecule has 27 heavy (non-hydrogen) atoms. The molecule has 0 saturated carbocycles. The first-order valence-corrected chi connectivity index (χ1v) is 7.70. The van der Waals surface area contributed by atoms with Crippen LogP contribution in [0, 0.1) is 0 Å². The molecule has 0 radical (unpaired) electrons. The van der Waals surface area contributed by atoms with Gasteiger partial charge in [-0.25, -0.2) is 15.0 Å². The number of carbonyl (C=O) groups excluding carboxylic acids is 1. The Labute approximate surface area is 151 Å². The van der Waals surface area contributed by atoms with Gasteiger partial charge < -0.3 is 10.6 Å². The minimum Gasteiger partial charge on any atom is -0.321 e. The van der Waals surface area contributed by atoms with E-state index in [1.807, 2.05) is 0 Å². The molecule has 11 heteroatoms. The van der Waals surface area contributed by atoms with Crippen LogP contribution in [0.1, 0.15) is 6.42 Å². The van der Waals surface area contributed by atoms with Gasteiger partial charge in [0.2, 0.25) is 11.9 Å². The van der Waals surface area contributed by atoms with Crippen molar-refractivity contribution in [2.45, 2.75) is 12.6 Å². The standard InChI is InChI=1S/C16H14F3N7O/c1-26-9-11(8-22-26)23-15-21-5-3-12(24-15)10-2-4-20-13(6-10)25-14(27)7-16(17,18)19/h2-6,8-9H,7H2,1H3,(H,20,25,27)(H,21,23,24). The maximum atomic E-state index is 12.3. The van der Waals surface area contributed by atoms with Gasteiger partial charge in [-0.1, -0.05) is 0 Å². The van der Waals surface area contributed by atoms with E-state index < -0.39 is 18.5 Å². The maximum absolute atomic E-state index is 12.3. The number of carbonyl (C=O) groups is 1. The Hall–Kier alpha value is -3.50. The van der Waals surface area contributed by atoms with E-state index in [9.17, 15) is 18.0 Å². The summed E-state index contributed by atoms with van der Waals surface area (Å²) in [5.41, 5.74) is 1.76. The van der Waals surface area contributed by atoms with Crippen LogP contribution in [0.3, 0.4) is 0 Å². The Balaban J connectivity index is 1.76. The fourth-order valence-electron chi connectivity index (χ4n) is 2.22. The third-order valence-corrected chi connectivity index (χ3v) is 3.30. The van der Waals surface area contributed by atoms with Gasteiger partial charge in [0.1, 0.15) is 12.2 Å². The molecule has 8 nitrogen and oxygen atoms in total. The Morgan fingerprint density at radius 1 is 1.22 bits per heavy atom. The number of hydrogen-bond acceptors (Lipinski definition) is 6. The van der Waals surface area contributed by atoms with E-state index >= 15 is 0 Å². The van der Waals surface area contributed by atoms with Crippen molar-refractivity contribution in [3.63, 3.8) is 0 Å². The van der Waals surface area contributed by atoms with Gasteiger partial charge in [-0.05, 0) is 18.2 Å². The molecule has 0 fully saturated rings. The minimum atomic E-state index is -4.58. The van der Waals surface area contributed by atoms with Crippen molar-refractivity contribution < 1.29 is 18.0 Å². The van der Waals surface area contributed by atoms with E-state index in [0.717, 1.165) is 0 Å². The van der Waals surface area contributed by atoms with Gasteiger partial charge in [0.05, 0.1) is 17.6 Å². The summed E-state index contributed by atoms with van der Waals surface area (Å²) in [5.74, 6) is -0.865. The number of alkyl halides is 3. The fourth-order valence-corrected chi connectivity index (χ4v) is 2.22. The van der Waals surface area contributed by atoms with Crippen molar-refractivity contribution in [3.8, 4) is 11.3 Å². The minimum absolute atomic E-state index is 0.00197. The molecule has 0 unspecified atom stereocenters. The molecular weight excluding hydrogens is 363 g/mol. The summed E-state index contributed by atoms with van der Waals surface area (Å²) >= 11 is 0. The highest BCUT2D eigenvalue weighted by atomic mass is 19.4. The highest BCUT2D eigenvalue weighted by Crippen LogP contribution is 2.23. The van der Waals surface area contributed by atoms with Crippen molar-refractivity contribution in [3.05, 3.63) is 43.0 Å². The van der Waals surface area contributed by atoms with E-state index in [2.05, 4.69) is 30.7 Å². The summed E-state index contributed by atoms with van der Waals surface area (Å²) in [4.78, 5) is 23.7. The first-order chi connectivity index (χ1) is 12.8. The van der Waals surface area contributed by atoms with Crippen LogP contribution in [-0.2, 0) is 11.8 Å². The lowest BCUT2D eigenvalue weighted by molar-refractivity contribution is -0.150. The van der Waals surface area contributed by atoms with Crippen LogP contribution in [0.4, 0.5) is 30.6 Å². The molecule has 1 amide bonds. The number of aryl methyl sites for hydroxylation is 1. The number of halogens is 3. The third-order valence-electron chi connectivity index (χ3n) is 3.30. The maximum Gasteiger partial charge on any atom is 0.397 e. The molecule has 3 aromatic heterocycles. The summed E-state index contributed by atoms with van der Waals surface area (Å²) in [7, 11) is 1.77. The van der Waals surface area contributed by atoms with Gasteiger partial charge in [-0.3, -0.25) is 9.48 Å². The highest BCUT2D eigenvalue weighted by Gasteiger charge is 2.31. The monoisotopic (exact) mass is 377 g/mol. The van der Waals surface area contributed by atoms with E-state index in [1.54, 1.807) is 36.3 Å². The number of rotatable bonds is 5. The molecule has 0 aliphatic heterocycles. The average Bonchev–Trinajstić information content (AvgIpc) is 2.98. The molecule has 2 N–H and O–H groups in total. The van der Waals surface area contributed by atoms with Crippen molar-refractivity contribution in [1.82, 2.24) is 24.7 Å². The van der Waals surface area contributed by atoms with Crippen LogP contribution in [0.5, 0.6) is 0 Å². The predicted molar refractivity (Wildman–Crippen MR) is 91.1 cm³/mol. The number of nitrogens with one attached hydrogen (secondary N) is 2. The molecule has 0 aliphatic rings. The van der Waals surface area contributed by atoms with Crippen molar-refractivity contribution >= 4 is 23.4 Å². The van der Waals surface area contributed by atoms with Crippen LogP contribution in [-0.4, -0.2) is 36.8 Å². The summed E-state index contributed by atoms with van der Waals surface area (Å²) in [5, 5.41) is 9.15. The molecule has 140 valence electrons. The lowest BCUT2D eigenvalue weighted by Crippen LogP contribution is -2.21. The van der Waals surface area contributed by atoms with Crippen LogP contribution >= 0.6 is 0 Å². The third kappa shape index (κ3) is 5.23. The van der Waals surface area contributed by atoms with Crippen LogP contribution in [0.2, 0.25) is 0 Å². The molecule has 3 aromatic rings. The number of amides is 1. The lowest BCUT2D eigenvalue weighted by atomic mass is 10.2. The van der Waals surface area contributed by atoms with Crippen LogP contribution in [0.15, 0.2) is 43.0 Å². The van der Waals surface area contributed by atoms with E-state index in [-0.39, 0.29) is 5.82 Å². The second-order valence-corrected chi connectivity index (χ2v) is 5.56. The van der Waals surface area contributed by atoms with Gasteiger partial charge >= 0.3 is 6.18 Å². The number of anilines is 3. The molecule has 0 saturated heterocycles. The zero-order valence-corrected chi connectivity index (χ0v) is 14.0. The van der Waals surface area contributed by atoms with Gasteiger partial charge in [-0.15, -0.1) is 0 Å². The van der Waals surface area contributed by atoms with Gasteiger partial charge in [0.15, 0.2) is 0 Å². The normalized spacial score (nSPS) is 11.3. The van der Waals surface area contributed by atoms with E-state index in [0.29, 0.717) is 22.9 Å². The first kappa shape index (κ1) is 18.3. The van der Waals surface area contributed by atoms with Crippen LogP contribution in [0.25, 0.3) is 11.3 Å². The zero-order chi connectivity index (χ0) is 19.4. The topological polar surface area (TPSA) is 97.6 Å². The quantitative estimate of drug-likeness (QED) is 0.710. The first-order valence-electron chi connectivity index (χ1n) is 7.70. The molecule has 0 bridgehead atoms. The Kier molecular flexibility index (Phi) is 5.01. The molecule has 0 aromatic carbocycles. The Morgan fingerprint density at radius 2 is 2.00 bits per heavy atom. The summed E-state index contributed by atoms with van der Waals surface area (Å²) in [6.07, 6.45) is 0.0958. The van der Waals surface area contributed by atoms with Gasteiger partial charge in [-0.2, -0.15) is 18.3 Å². The number of aromatic nitrogens is 5. The van der Waals surface area contributed by atoms with Crippen molar-refractivity contribution in [2.24, 2.45) is 7.05 Å².